The molecule has 3 N–H and O–H groups in total. The molecule has 2 aromatic rings. The monoisotopic (exact) mass is 458 g/mol. The normalized spacial score (nSPS) is 19.2. The number of hydrogen-bond donors (Lipinski definition) is 2. The molecule has 1 atom stereocenters. The largest absolute Gasteiger partial charge is 0.422 e. The van der Waals surface area contributed by atoms with Crippen molar-refractivity contribution in [1.82, 2.24) is 10.2 Å². The Labute approximate surface area is 179 Å². The molecular weight excluding hydrogens is 438 g/mol. The Hall–Kier alpha value is -3.16. The summed E-state index contributed by atoms with van der Waals surface area (Å²) in [5, 5.41) is 16.7. The van der Waals surface area contributed by atoms with Gasteiger partial charge in [0, 0.05) is 0 Å². The van der Waals surface area contributed by atoms with Crippen LogP contribution in [0.2, 0.25) is 0 Å². The average molecular weight is 458 g/mol. The van der Waals surface area contributed by atoms with E-state index in [-0.39, 0.29) is 34.6 Å². The number of allylic oxidation sites excluding steroid dienone is 1. The zero-order valence-corrected chi connectivity index (χ0v) is 17.5. The third-order valence-corrected chi connectivity index (χ3v) is 5.58. The number of nitrogens with zero attached hydrogens (tertiary/aromatic N) is 2. The van der Waals surface area contributed by atoms with Gasteiger partial charge in [-0.15, -0.1) is 0 Å². The fourth-order valence-corrected chi connectivity index (χ4v) is 4.22. The second-order valence-electron chi connectivity index (χ2n) is 8.18. The van der Waals surface area contributed by atoms with Gasteiger partial charge in [0.05, 0.1) is 27.8 Å². The quantitative estimate of drug-likeness (QED) is 0.587. The number of alkyl halides is 6. The van der Waals surface area contributed by atoms with Crippen molar-refractivity contribution < 1.29 is 31.1 Å². The van der Waals surface area contributed by atoms with Gasteiger partial charge in [-0.25, -0.2) is 5.10 Å². The van der Waals surface area contributed by atoms with Crippen LogP contribution in [0.5, 0.6) is 5.88 Å². The molecule has 3 rings (SSSR count). The number of aromatic nitrogens is 2. The maximum absolute atomic E-state index is 13.6. The Bertz CT molecular complexity index is 1090. The van der Waals surface area contributed by atoms with Crippen LogP contribution in [-0.4, -0.2) is 10.2 Å². The van der Waals surface area contributed by atoms with Crippen LogP contribution in [0, 0.1) is 17.2 Å². The summed E-state index contributed by atoms with van der Waals surface area (Å²) < 4.78 is 87.2. The molecule has 1 aliphatic rings. The summed E-state index contributed by atoms with van der Waals surface area (Å²) in [5.74, 6) is -1.43. The van der Waals surface area contributed by atoms with E-state index in [4.69, 9.17) is 10.5 Å². The first kappa shape index (κ1) is 23.5. The minimum atomic E-state index is -5.05. The highest BCUT2D eigenvalue weighted by molar-refractivity contribution is 5.63. The van der Waals surface area contributed by atoms with Gasteiger partial charge >= 0.3 is 12.4 Å². The average Bonchev–Trinajstić information content (AvgIpc) is 3.08. The van der Waals surface area contributed by atoms with Crippen molar-refractivity contribution in [1.29, 1.82) is 5.26 Å². The third kappa shape index (κ3) is 3.47. The van der Waals surface area contributed by atoms with Crippen LogP contribution in [0.15, 0.2) is 29.7 Å². The number of rotatable bonds is 3. The van der Waals surface area contributed by atoms with Crippen LogP contribution >= 0.6 is 0 Å². The second kappa shape index (κ2) is 7.46. The first-order valence-electron chi connectivity index (χ1n) is 9.62. The van der Waals surface area contributed by atoms with Crippen molar-refractivity contribution in [3.63, 3.8) is 0 Å². The molecule has 0 aliphatic carbocycles. The number of nitrogens with one attached hydrogen (secondary N) is 1. The molecule has 0 saturated heterocycles. The van der Waals surface area contributed by atoms with E-state index in [0.29, 0.717) is 17.8 Å². The number of halogens is 6. The summed E-state index contributed by atoms with van der Waals surface area (Å²) in [6.45, 7) is 6.68. The van der Waals surface area contributed by atoms with Gasteiger partial charge in [0.2, 0.25) is 11.8 Å². The molecule has 1 aromatic heterocycles. The van der Waals surface area contributed by atoms with E-state index in [1.807, 2.05) is 6.07 Å². The van der Waals surface area contributed by atoms with Gasteiger partial charge in [0.1, 0.15) is 11.6 Å². The molecule has 0 radical (unpaired) electrons. The van der Waals surface area contributed by atoms with Crippen molar-refractivity contribution in [2.45, 2.75) is 51.4 Å². The molecule has 5 nitrogen and oxygen atoms in total. The first-order chi connectivity index (χ1) is 14.6. The number of aromatic amines is 1. The van der Waals surface area contributed by atoms with Crippen molar-refractivity contribution in [2.24, 2.45) is 11.7 Å². The molecule has 0 saturated carbocycles. The predicted molar refractivity (Wildman–Crippen MR) is 102 cm³/mol. The SMILES string of the molecule is CC(C)c1n[nH]c2c1C(c1cc(C(F)(F)F)cc(C(F)(F)F)c1)(C(C)C)C(C#N)=C(N)O2. The Balaban J connectivity index is 2.55. The molecule has 11 heteroatoms. The van der Waals surface area contributed by atoms with Gasteiger partial charge in [0.25, 0.3) is 0 Å². The summed E-state index contributed by atoms with van der Waals surface area (Å²) in [7, 11) is 0. The van der Waals surface area contributed by atoms with Gasteiger partial charge in [-0.2, -0.15) is 36.7 Å². The standard InChI is InChI=1S/C21H20F6N4O/c1-9(2)16-15-18(31-30-16)32-17(29)14(8-28)19(15,10(3)4)11-5-12(20(22,23)24)7-13(6-11)21(25,26)27/h5-7,9-10H,29H2,1-4H3,(H,30,31). The van der Waals surface area contributed by atoms with Gasteiger partial charge in [-0.1, -0.05) is 27.7 Å². The lowest BCUT2D eigenvalue weighted by atomic mass is 9.61. The van der Waals surface area contributed by atoms with Crippen molar-refractivity contribution in [3.05, 3.63) is 57.6 Å². The third-order valence-electron chi connectivity index (χ3n) is 5.58. The minimum Gasteiger partial charge on any atom is -0.422 e. The summed E-state index contributed by atoms with van der Waals surface area (Å²) in [5.41, 5.74) is 1.08. The van der Waals surface area contributed by atoms with Crippen LogP contribution in [0.3, 0.4) is 0 Å². The predicted octanol–water partition coefficient (Wildman–Crippen LogP) is 5.60. The zero-order valence-electron chi connectivity index (χ0n) is 17.5. The van der Waals surface area contributed by atoms with Crippen LogP contribution in [0.1, 0.15) is 61.6 Å². The fraction of sp³-hybridized carbons (Fsp3) is 0.429. The summed E-state index contributed by atoms with van der Waals surface area (Å²) >= 11 is 0. The molecule has 0 amide bonds. The van der Waals surface area contributed by atoms with E-state index in [9.17, 15) is 31.6 Å². The second-order valence-corrected chi connectivity index (χ2v) is 8.18. The van der Waals surface area contributed by atoms with Crippen LogP contribution < -0.4 is 10.5 Å². The molecule has 172 valence electrons. The van der Waals surface area contributed by atoms with E-state index in [1.54, 1.807) is 27.7 Å². The summed E-state index contributed by atoms with van der Waals surface area (Å²) in [6.07, 6.45) is -10.1. The smallest absolute Gasteiger partial charge is 0.416 e. The highest BCUT2D eigenvalue weighted by atomic mass is 19.4. The fourth-order valence-electron chi connectivity index (χ4n) is 4.22. The Kier molecular flexibility index (Phi) is 5.48. The molecule has 0 spiro atoms. The lowest BCUT2D eigenvalue weighted by molar-refractivity contribution is -0.143. The lowest BCUT2D eigenvalue weighted by Gasteiger charge is -2.41. The number of benzene rings is 1. The van der Waals surface area contributed by atoms with Crippen LogP contribution in [-0.2, 0) is 17.8 Å². The van der Waals surface area contributed by atoms with Crippen molar-refractivity contribution in [2.75, 3.05) is 0 Å². The molecule has 2 heterocycles. The maximum atomic E-state index is 13.6. The van der Waals surface area contributed by atoms with Gasteiger partial charge in [-0.3, -0.25) is 0 Å². The van der Waals surface area contributed by atoms with Gasteiger partial charge in [0.15, 0.2) is 0 Å². The van der Waals surface area contributed by atoms with E-state index in [1.165, 1.54) is 0 Å². The Morgan fingerprint density at radius 1 is 1.03 bits per heavy atom. The zero-order chi connectivity index (χ0) is 24.2. The highest BCUT2D eigenvalue weighted by Gasteiger charge is 2.52. The number of nitrogens with two attached hydrogens (primary N) is 1. The first-order valence-corrected chi connectivity index (χ1v) is 9.62. The van der Waals surface area contributed by atoms with Gasteiger partial charge in [-0.05, 0) is 35.6 Å². The number of nitriles is 1. The molecular formula is C21H20F6N4O. The van der Waals surface area contributed by atoms with Crippen LogP contribution in [0.25, 0.3) is 0 Å². The summed E-state index contributed by atoms with van der Waals surface area (Å²) in [6, 6.07) is 3.18. The maximum Gasteiger partial charge on any atom is 0.416 e. The van der Waals surface area contributed by atoms with Crippen molar-refractivity contribution >= 4 is 0 Å². The van der Waals surface area contributed by atoms with Gasteiger partial charge < -0.3 is 10.5 Å². The van der Waals surface area contributed by atoms with E-state index < -0.39 is 40.7 Å². The van der Waals surface area contributed by atoms with E-state index >= 15 is 0 Å². The minimum absolute atomic E-state index is 0.0233. The molecule has 0 bridgehead atoms. The molecule has 1 unspecified atom stereocenters. The molecule has 32 heavy (non-hydrogen) atoms. The number of fused-ring (bicyclic) bond motifs is 1. The number of ether oxygens (including phenoxy) is 1. The van der Waals surface area contributed by atoms with Crippen LogP contribution in [0.4, 0.5) is 26.3 Å². The topological polar surface area (TPSA) is 87.7 Å². The molecule has 0 fully saturated rings. The number of H-pyrrole nitrogens is 1. The molecule has 1 aliphatic heterocycles. The highest BCUT2D eigenvalue weighted by Crippen LogP contribution is 2.54. The number of hydrogen-bond acceptors (Lipinski definition) is 4. The van der Waals surface area contributed by atoms with E-state index in [2.05, 4.69) is 10.2 Å². The Morgan fingerprint density at radius 2 is 1.56 bits per heavy atom. The summed E-state index contributed by atoms with van der Waals surface area (Å²) in [4.78, 5) is 0. The van der Waals surface area contributed by atoms with Crippen molar-refractivity contribution in [3.8, 4) is 11.9 Å². The van der Waals surface area contributed by atoms with E-state index in [0.717, 1.165) is 0 Å². The Morgan fingerprint density at radius 3 is 1.97 bits per heavy atom. The molecule has 1 aromatic carbocycles. The lowest BCUT2D eigenvalue weighted by Crippen LogP contribution is -2.42.